The van der Waals surface area contributed by atoms with Gasteiger partial charge in [-0.15, -0.1) is 0 Å². The minimum Gasteiger partial charge on any atom is -0.389 e. The number of hydrogen-bond acceptors (Lipinski definition) is 3. The molecule has 0 unspecified atom stereocenters. The fraction of sp³-hybridized carbons (Fsp3) is 0.0769. The summed E-state index contributed by atoms with van der Waals surface area (Å²) in [5.74, 6) is -1.01. The molecule has 0 saturated heterocycles. The summed E-state index contributed by atoms with van der Waals surface area (Å²) in [6.45, 7) is 1.77. The molecule has 0 spiro atoms. The van der Waals surface area contributed by atoms with E-state index >= 15 is 0 Å². The van der Waals surface area contributed by atoms with Gasteiger partial charge in [-0.3, -0.25) is 0 Å². The number of hydrogen-bond donors (Lipinski definition) is 2. The van der Waals surface area contributed by atoms with E-state index < -0.39 is 11.6 Å². The minimum absolute atomic E-state index is 0.102. The average molecular weight is 358 g/mol. The monoisotopic (exact) mass is 357 g/mol. The van der Waals surface area contributed by atoms with E-state index in [2.05, 4.69) is 26.2 Å². The molecule has 0 aliphatic carbocycles. The van der Waals surface area contributed by atoms with Crippen LogP contribution in [0.3, 0.4) is 0 Å². The van der Waals surface area contributed by atoms with Crippen molar-refractivity contribution in [3.05, 3.63) is 51.6 Å². The van der Waals surface area contributed by atoms with Crippen molar-refractivity contribution in [3.8, 4) is 0 Å². The molecule has 0 aliphatic heterocycles. The first-order valence-corrected chi connectivity index (χ1v) is 6.77. The number of thiocarbonyl (C=S) groups is 1. The molecule has 2 aromatic rings. The number of nitrogens with zero attached hydrogens (tertiary/aromatic N) is 1. The van der Waals surface area contributed by atoms with Crippen LogP contribution >= 0.6 is 28.1 Å². The summed E-state index contributed by atoms with van der Waals surface area (Å²) < 4.78 is 27.0. The highest BCUT2D eigenvalue weighted by molar-refractivity contribution is 9.10. The molecule has 3 nitrogen and oxygen atoms in total. The van der Waals surface area contributed by atoms with Crippen molar-refractivity contribution in [3.63, 3.8) is 0 Å². The molecule has 2 rings (SSSR count). The van der Waals surface area contributed by atoms with Crippen molar-refractivity contribution >= 4 is 44.6 Å². The van der Waals surface area contributed by atoms with Crippen LogP contribution in [0, 0.1) is 18.6 Å². The van der Waals surface area contributed by atoms with Crippen LogP contribution in [0.2, 0.25) is 0 Å². The lowest BCUT2D eigenvalue weighted by Crippen LogP contribution is -2.11. The molecule has 0 atom stereocenters. The van der Waals surface area contributed by atoms with Crippen molar-refractivity contribution < 1.29 is 8.78 Å². The number of benzene rings is 1. The summed E-state index contributed by atoms with van der Waals surface area (Å²) in [6.07, 6.45) is 0. The molecule has 1 aromatic carbocycles. The maximum Gasteiger partial charge on any atom is 0.149 e. The largest absolute Gasteiger partial charge is 0.389 e. The predicted octanol–water partition coefficient (Wildman–Crippen LogP) is 3.81. The summed E-state index contributed by atoms with van der Waals surface area (Å²) in [7, 11) is 0. The quantitative estimate of drug-likeness (QED) is 0.647. The SMILES string of the molecule is Cc1cc(C(N)=S)cc(Nc2cc(Br)c(F)cc2F)n1. The Morgan fingerprint density at radius 3 is 2.60 bits per heavy atom. The fourth-order valence-electron chi connectivity index (χ4n) is 1.63. The number of aromatic nitrogens is 1. The number of nitrogens with one attached hydrogen (secondary N) is 1. The van der Waals surface area contributed by atoms with Gasteiger partial charge in [0.15, 0.2) is 0 Å². The van der Waals surface area contributed by atoms with Gasteiger partial charge in [0.1, 0.15) is 22.4 Å². The van der Waals surface area contributed by atoms with E-state index in [0.717, 1.165) is 6.07 Å². The predicted molar refractivity (Wildman–Crippen MR) is 82.2 cm³/mol. The van der Waals surface area contributed by atoms with Crippen LogP contribution in [0.15, 0.2) is 28.7 Å². The number of halogens is 3. The van der Waals surface area contributed by atoms with Crippen LogP contribution in [0.25, 0.3) is 0 Å². The van der Waals surface area contributed by atoms with Crippen LogP contribution in [-0.2, 0) is 0 Å². The topological polar surface area (TPSA) is 50.9 Å². The molecule has 1 heterocycles. The third-order valence-corrected chi connectivity index (χ3v) is 3.35. The Labute approximate surface area is 128 Å². The van der Waals surface area contributed by atoms with Crippen molar-refractivity contribution in [2.45, 2.75) is 6.92 Å². The molecule has 0 fully saturated rings. The highest BCUT2D eigenvalue weighted by atomic mass is 79.9. The Hall–Kier alpha value is -1.60. The molecule has 0 amide bonds. The van der Waals surface area contributed by atoms with E-state index in [0.29, 0.717) is 17.1 Å². The van der Waals surface area contributed by atoms with Gasteiger partial charge in [-0.2, -0.15) is 0 Å². The molecule has 1 aromatic heterocycles. The average Bonchev–Trinajstić information content (AvgIpc) is 2.35. The number of rotatable bonds is 3. The van der Waals surface area contributed by atoms with Gasteiger partial charge in [0, 0.05) is 17.3 Å². The molecule has 104 valence electrons. The Morgan fingerprint density at radius 1 is 1.25 bits per heavy atom. The highest BCUT2D eigenvalue weighted by Crippen LogP contribution is 2.26. The van der Waals surface area contributed by atoms with Crippen LogP contribution in [-0.4, -0.2) is 9.97 Å². The van der Waals surface area contributed by atoms with Gasteiger partial charge in [-0.25, -0.2) is 13.8 Å². The molecular weight excluding hydrogens is 348 g/mol. The highest BCUT2D eigenvalue weighted by Gasteiger charge is 2.10. The smallest absolute Gasteiger partial charge is 0.149 e. The third kappa shape index (κ3) is 3.29. The zero-order chi connectivity index (χ0) is 14.9. The van der Waals surface area contributed by atoms with Crippen LogP contribution in [0.4, 0.5) is 20.3 Å². The molecule has 0 radical (unpaired) electrons. The Morgan fingerprint density at radius 2 is 1.95 bits per heavy atom. The van der Waals surface area contributed by atoms with Gasteiger partial charge in [-0.1, -0.05) is 12.2 Å². The zero-order valence-corrected chi connectivity index (χ0v) is 12.8. The van der Waals surface area contributed by atoms with E-state index in [4.69, 9.17) is 18.0 Å². The Kier molecular flexibility index (Phi) is 4.29. The molecule has 0 bridgehead atoms. The van der Waals surface area contributed by atoms with Crippen molar-refractivity contribution in [2.24, 2.45) is 5.73 Å². The molecule has 3 N–H and O–H groups in total. The van der Waals surface area contributed by atoms with Gasteiger partial charge in [-0.05, 0) is 41.1 Å². The van der Waals surface area contributed by atoms with Crippen LogP contribution in [0.1, 0.15) is 11.3 Å². The molecular formula is C13H10BrF2N3S. The second-order valence-corrected chi connectivity index (χ2v) is 5.41. The Balaban J connectivity index is 2.40. The van der Waals surface area contributed by atoms with Gasteiger partial charge < -0.3 is 11.1 Å². The van der Waals surface area contributed by atoms with Gasteiger partial charge in [0.05, 0.1) is 10.2 Å². The summed E-state index contributed by atoms with van der Waals surface area (Å²) in [5, 5.41) is 2.78. The van der Waals surface area contributed by atoms with Crippen molar-refractivity contribution in [1.29, 1.82) is 0 Å². The number of nitrogens with two attached hydrogens (primary N) is 1. The molecule has 0 saturated carbocycles. The first-order valence-electron chi connectivity index (χ1n) is 5.57. The van der Waals surface area contributed by atoms with Crippen LogP contribution in [0.5, 0.6) is 0 Å². The summed E-state index contributed by atoms with van der Waals surface area (Å²) in [5.41, 5.74) is 6.97. The number of aryl methyl sites for hydroxylation is 1. The number of anilines is 2. The van der Waals surface area contributed by atoms with E-state index in [1.54, 1.807) is 19.1 Å². The molecule has 7 heteroatoms. The summed E-state index contributed by atoms with van der Waals surface area (Å²) in [4.78, 5) is 4.42. The maximum absolute atomic E-state index is 13.7. The molecule has 20 heavy (non-hydrogen) atoms. The van der Waals surface area contributed by atoms with E-state index in [1.165, 1.54) is 6.07 Å². The summed E-state index contributed by atoms with van der Waals surface area (Å²) >= 11 is 7.90. The lowest BCUT2D eigenvalue weighted by atomic mass is 10.2. The van der Waals surface area contributed by atoms with Gasteiger partial charge >= 0.3 is 0 Å². The maximum atomic E-state index is 13.7. The van der Waals surface area contributed by atoms with E-state index in [1.807, 2.05) is 0 Å². The lowest BCUT2D eigenvalue weighted by Gasteiger charge is -2.10. The standard InChI is InChI=1S/C13H10BrF2N3S/c1-6-2-7(13(17)20)3-12(18-6)19-11-4-8(14)9(15)5-10(11)16/h2-5H,1H3,(H2,17,20)(H,18,19). The normalized spacial score (nSPS) is 10.4. The second-order valence-electron chi connectivity index (χ2n) is 4.12. The Bertz CT molecular complexity index is 692. The van der Waals surface area contributed by atoms with Crippen molar-refractivity contribution in [1.82, 2.24) is 4.98 Å². The molecule has 0 aliphatic rings. The van der Waals surface area contributed by atoms with Gasteiger partial charge in [0.2, 0.25) is 0 Å². The van der Waals surface area contributed by atoms with E-state index in [9.17, 15) is 8.78 Å². The minimum atomic E-state index is -0.717. The fourth-order valence-corrected chi connectivity index (χ4v) is 2.09. The first-order chi connectivity index (χ1) is 9.36. The third-order valence-electron chi connectivity index (χ3n) is 2.51. The van der Waals surface area contributed by atoms with Crippen LogP contribution < -0.4 is 11.1 Å². The van der Waals surface area contributed by atoms with Gasteiger partial charge in [0.25, 0.3) is 0 Å². The second kappa shape index (κ2) is 5.80. The lowest BCUT2D eigenvalue weighted by molar-refractivity contribution is 0.581. The number of pyridine rings is 1. The van der Waals surface area contributed by atoms with Crippen molar-refractivity contribution in [2.75, 3.05) is 5.32 Å². The van der Waals surface area contributed by atoms with E-state index in [-0.39, 0.29) is 15.1 Å². The summed E-state index contributed by atoms with van der Waals surface area (Å²) in [6, 6.07) is 5.42. The zero-order valence-electron chi connectivity index (χ0n) is 10.4. The first kappa shape index (κ1) is 14.8.